The Balaban J connectivity index is 1.18. The Morgan fingerprint density at radius 3 is 2.41 bits per heavy atom. The average Bonchev–Trinajstić information content (AvgIpc) is 3.89. The lowest BCUT2D eigenvalue weighted by Gasteiger charge is -2.40. The van der Waals surface area contributed by atoms with Crippen molar-refractivity contribution in [2.45, 2.75) is 90.3 Å². The number of piperidine rings is 1. The highest BCUT2D eigenvalue weighted by atomic mass is 19.2. The first-order valence-electron chi connectivity index (χ1n) is 16.6. The molecule has 1 saturated carbocycles. The van der Waals surface area contributed by atoms with Gasteiger partial charge in [0.15, 0.2) is 11.6 Å². The van der Waals surface area contributed by atoms with E-state index in [1.165, 1.54) is 19.2 Å². The van der Waals surface area contributed by atoms with Crippen molar-refractivity contribution in [1.29, 1.82) is 0 Å². The summed E-state index contributed by atoms with van der Waals surface area (Å²) in [6.45, 7) is 9.00. The van der Waals surface area contributed by atoms with Crippen molar-refractivity contribution in [1.82, 2.24) is 14.8 Å². The molecule has 1 aromatic heterocycles. The first kappa shape index (κ1) is 32.1. The van der Waals surface area contributed by atoms with Crippen LogP contribution in [0.5, 0.6) is 5.75 Å². The zero-order chi connectivity index (χ0) is 32.5. The van der Waals surface area contributed by atoms with Gasteiger partial charge in [0.25, 0.3) is 5.91 Å². The number of methoxy groups -OCH3 is 1. The van der Waals surface area contributed by atoms with E-state index in [1.807, 2.05) is 31.7 Å². The molecule has 244 valence electrons. The van der Waals surface area contributed by atoms with E-state index in [0.29, 0.717) is 54.2 Å². The van der Waals surface area contributed by atoms with Crippen LogP contribution in [-0.2, 0) is 24.1 Å². The number of ether oxygens (including phenoxy) is 2. The number of aromatic nitrogens is 1. The van der Waals surface area contributed by atoms with Crippen LogP contribution in [0, 0.1) is 11.6 Å². The van der Waals surface area contributed by atoms with Gasteiger partial charge >= 0.3 is 5.97 Å². The molecule has 0 spiro atoms. The number of hydrogen-bond donors (Lipinski definition) is 0. The number of halogens is 2. The molecule has 9 heteroatoms. The molecule has 3 aromatic rings. The Bertz CT molecular complexity index is 1630. The number of fused-ring (bicyclic) bond motifs is 1. The van der Waals surface area contributed by atoms with Gasteiger partial charge in [0.2, 0.25) is 0 Å². The van der Waals surface area contributed by atoms with Crippen molar-refractivity contribution in [3.8, 4) is 16.9 Å². The van der Waals surface area contributed by atoms with Gasteiger partial charge in [0.05, 0.1) is 35.7 Å². The number of carbonyl (C=O) groups excluding carboxylic acids is 2. The van der Waals surface area contributed by atoms with E-state index in [2.05, 4.69) is 11.0 Å². The van der Waals surface area contributed by atoms with Crippen LogP contribution in [0.15, 0.2) is 36.4 Å². The third-order valence-corrected chi connectivity index (χ3v) is 9.39. The molecule has 0 N–H and O–H groups in total. The highest BCUT2D eigenvalue weighted by Crippen LogP contribution is 2.47. The van der Waals surface area contributed by atoms with E-state index in [0.717, 1.165) is 73.3 Å². The summed E-state index contributed by atoms with van der Waals surface area (Å²) in [5, 5.41) is 0. The van der Waals surface area contributed by atoms with E-state index >= 15 is 0 Å². The largest absolute Gasteiger partial charge is 0.491 e. The summed E-state index contributed by atoms with van der Waals surface area (Å²) < 4.78 is 39.3. The number of amides is 1. The molecule has 0 atom stereocenters. The molecule has 46 heavy (non-hydrogen) atoms. The SMILES string of the molecule is CCCc1nc2c(cc1C(=O)OC)C(=O)N(C1CCN(Cc3cc(C4CC4)c(-c4ccc(F)c(F)c4)cc3OC(C)C)CC1)CC2. The Kier molecular flexibility index (Phi) is 9.41. The van der Waals surface area contributed by atoms with E-state index < -0.39 is 17.6 Å². The van der Waals surface area contributed by atoms with E-state index in [1.54, 1.807) is 12.1 Å². The van der Waals surface area contributed by atoms with Gasteiger partial charge in [-0.3, -0.25) is 14.7 Å². The first-order chi connectivity index (χ1) is 22.2. The lowest BCUT2D eigenvalue weighted by molar-refractivity contribution is 0.0542. The van der Waals surface area contributed by atoms with Crippen molar-refractivity contribution in [3.05, 3.63) is 81.7 Å². The molecule has 0 bridgehead atoms. The highest BCUT2D eigenvalue weighted by Gasteiger charge is 2.35. The van der Waals surface area contributed by atoms with Crippen LogP contribution in [0.3, 0.4) is 0 Å². The van der Waals surface area contributed by atoms with E-state index in [9.17, 15) is 18.4 Å². The predicted molar refractivity (Wildman–Crippen MR) is 172 cm³/mol. The zero-order valence-electron chi connectivity index (χ0n) is 27.2. The van der Waals surface area contributed by atoms with Crippen molar-refractivity contribution in [3.63, 3.8) is 0 Å². The fraction of sp³-hybridized carbons (Fsp3) is 0.486. The number of carbonyl (C=O) groups is 2. The molecule has 6 rings (SSSR count). The van der Waals surface area contributed by atoms with Crippen LogP contribution in [0.1, 0.15) is 102 Å². The Hall–Kier alpha value is -3.85. The molecule has 3 aliphatic rings. The normalized spacial score (nSPS) is 17.4. The van der Waals surface area contributed by atoms with Gasteiger partial charge in [0, 0.05) is 44.2 Å². The number of aryl methyl sites for hydroxylation is 1. The number of rotatable bonds is 10. The number of pyridine rings is 1. The summed E-state index contributed by atoms with van der Waals surface area (Å²) in [5.74, 6) is -1.05. The fourth-order valence-electron chi connectivity index (χ4n) is 6.92. The lowest BCUT2D eigenvalue weighted by atomic mass is 9.93. The summed E-state index contributed by atoms with van der Waals surface area (Å²) in [4.78, 5) is 35.3. The third kappa shape index (κ3) is 6.66. The van der Waals surface area contributed by atoms with E-state index in [4.69, 9.17) is 14.5 Å². The number of benzene rings is 2. The van der Waals surface area contributed by atoms with Crippen LogP contribution in [0.25, 0.3) is 11.1 Å². The summed E-state index contributed by atoms with van der Waals surface area (Å²) in [6, 6.07) is 10.1. The number of hydrogen-bond acceptors (Lipinski definition) is 6. The maximum absolute atomic E-state index is 14.2. The Labute approximate surface area is 269 Å². The second kappa shape index (κ2) is 13.5. The van der Waals surface area contributed by atoms with Crippen LogP contribution in [0.2, 0.25) is 0 Å². The van der Waals surface area contributed by atoms with E-state index in [-0.39, 0.29) is 18.1 Å². The second-order valence-electron chi connectivity index (χ2n) is 13.1. The highest BCUT2D eigenvalue weighted by molar-refractivity contribution is 6.00. The van der Waals surface area contributed by atoms with Gasteiger partial charge in [-0.1, -0.05) is 19.4 Å². The number of nitrogens with zero attached hydrogens (tertiary/aromatic N) is 3. The van der Waals surface area contributed by atoms with Gasteiger partial charge in [-0.05, 0) is 98.9 Å². The van der Waals surface area contributed by atoms with Gasteiger partial charge in [-0.2, -0.15) is 0 Å². The quantitative estimate of drug-likeness (QED) is 0.223. The molecule has 1 saturated heterocycles. The van der Waals surface area contributed by atoms with Gasteiger partial charge in [-0.25, -0.2) is 13.6 Å². The molecule has 2 fully saturated rings. The molecule has 0 radical (unpaired) electrons. The maximum atomic E-state index is 14.2. The minimum absolute atomic E-state index is 0.0469. The average molecular weight is 632 g/mol. The van der Waals surface area contributed by atoms with Crippen molar-refractivity contribution in [2.24, 2.45) is 0 Å². The number of likely N-dealkylation sites (tertiary alicyclic amines) is 1. The third-order valence-electron chi connectivity index (χ3n) is 9.39. The molecular weight excluding hydrogens is 588 g/mol. The summed E-state index contributed by atoms with van der Waals surface area (Å²) in [7, 11) is 1.35. The summed E-state index contributed by atoms with van der Waals surface area (Å²) in [6.07, 6.45) is 5.97. The first-order valence-corrected chi connectivity index (χ1v) is 16.6. The van der Waals surface area contributed by atoms with Crippen LogP contribution in [0.4, 0.5) is 8.78 Å². The Morgan fingerprint density at radius 2 is 1.76 bits per heavy atom. The fourth-order valence-corrected chi connectivity index (χ4v) is 6.92. The minimum atomic E-state index is -0.852. The van der Waals surface area contributed by atoms with Crippen molar-refractivity contribution < 1.29 is 27.8 Å². The molecule has 1 amide bonds. The van der Waals surface area contributed by atoms with Crippen LogP contribution < -0.4 is 4.74 Å². The van der Waals surface area contributed by atoms with Gasteiger partial charge in [0.1, 0.15) is 5.75 Å². The van der Waals surface area contributed by atoms with Gasteiger partial charge in [-0.15, -0.1) is 0 Å². The minimum Gasteiger partial charge on any atom is -0.491 e. The zero-order valence-corrected chi connectivity index (χ0v) is 27.2. The molecule has 3 heterocycles. The number of esters is 1. The molecule has 2 aliphatic heterocycles. The second-order valence-corrected chi connectivity index (χ2v) is 13.1. The topological polar surface area (TPSA) is 72.0 Å². The standard InChI is InChI=1S/C37H43F2N3O4/c1-5-6-33-30(37(44)45-4)19-29-34(40-33)13-16-42(36(29)43)26-11-14-41(15-12-26)21-25-17-27(23-7-8-23)28(20-35(25)46-22(2)3)24-9-10-31(38)32(39)18-24/h9-10,17-20,22-23,26H,5-8,11-16,21H2,1-4H3. The lowest BCUT2D eigenvalue weighted by Crippen LogP contribution is -2.50. The smallest absolute Gasteiger partial charge is 0.339 e. The Morgan fingerprint density at radius 1 is 1.00 bits per heavy atom. The molecule has 2 aromatic carbocycles. The molecule has 0 unspecified atom stereocenters. The molecule has 7 nitrogen and oxygen atoms in total. The van der Waals surface area contributed by atoms with Crippen molar-refractivity contribution >= 4 is 11.9 Å². The van der Waals surface area contributed by atoms with Gasteiger partial charge < -0.3 is 14.4 Å². The molecule has 1 aliphatic carbocycles. The van der Waals surface area contributed by atoms with Crippen LogP contribution in [-0.4, -0.2) is 65.6 Å². The maximum Gasteiger partial charge on any atom is 0.339 e. The monoisotopic (exact) mass is 631 g/mol. The molecular formula is C37H43F2N3O4. The van der Waals surface area contributed by atoms with Crippen LogP contribution >= 0.6 is 0 Å². The summed E-state index contributed by atoms with van der Waals surface area (Å²) in [5.41, 5.74) is 6.17. The predicted octanol–water partition coefficient (Wildman–Crippen LogP) is 7.09. The van der Waals surface area contributed by atoms with Crippen molar-refractivity contribution in [2.75, 3.05) is 26.7 Å². The summed E-state index contributed by atoms with van der Waals surface area (Å²) >= 11 is 0.